The first-order valence-electron chi connectivity index (χ1n) is 10.9. The number of anilines is 1. The highest BCUT2D eigenvalue weighted by Crippen LogP contribution is 2.34. The number of benzene rings is 3. The van der Waals surface area contributed by atoms with Crippen LogP contribution in [0.5, 0.6) is 11.5 Å². The highest BCUT2D eigenvalue weighted by molar-refractivity contribution is 6.32. The topological polar surface area (TPSA) is 56.6 Å². The lowest BCUT2D eigenvalue weighted by atomic mass is 10.1. The van der Waals surface area contributed by atoms with Crippen molar-refractivity contribution in [1.29, 1.82) is 0 Å². The number of hydrogen-bond donors (Lipinski definition) is 0. The van der Waals surface area contributed by atoms with Crippen LogP contribution in [0.15, 0.2) is 72.8 Å². The van der Waals surface area contributed by atoms with Crippen LogP contribution in [0, 0.1) is 0 Å². The Morgan fingerprint density at radius 1 is 1.03 bits per heavy atom. The molecule has 1 atom stereocenters. The summed E-state index contributed by atoms with van der Waals surface area (Å²) in [7, 11) is 1.63. The molecule has 0 radical (unpaired) electrons. The average Bonchev–Trinajstić information content (AvgIpc) is 3.41. The molecule has 0 aliphatic carbocycles. The van der Waals surface area contributed by atoms with Gasteiger partial charge in [-0.2, -0.15) is 0 Å². The molecule has 4 aromatic rings. The summed E-state index contributed by atoms with van der Waals surface area (Å²) in [5, 5.41) is 0.588. The van der Waals surface area contributed by atoms with Crippen LogP contribution in [-0.2, 0) is 11.3 Å². The van der Waals surface area contributed by atoms with Crippen LogP contribution in [0.2, 0.25) is 5.02 Å². The van der Waals surface area contributed by atoms with Crippen molar-refractivity contribution in [2.45, 2.75) is 18.9 Å². The smallest absolute Gasteiger partial charge is 0.227 e. The van der Waals surface area contributed by atoms with E-state index in [2.05, 4.69) is 10.6 Å². The number of methoxy groups -OCH3 is 1. The lowest BCUT2D eigenvalue weighted by Crippen LogP contribution is -2.24. The molecule has 0 N–H and O–H groups in total. The fourth-order valence-corrected chi connectivity index (χ4v) is 4.53. The highest BCUT2D eigenvalue weighted by atomic mass is 35.5. The van der Waals surface area contributed by atoms with E-state index in [0.717, 1.165) is 28.3 Å². The number of amides is 1. The number of halogens is 1. The third-order valence-electron chi connectivity index (χ3n) is 5.97. The molecule has 1 aliphatic rings. The van der Waals surface area contributed by atoms with Crippen molar-refractivity contribution in [3.63, 3.8) is 0 Å². The van der Waals surface area contributed by atoms with Gasteiger partial charge in [-0.05, 0) is 48.5 Å². The van der Waals surface area contributed by atoms with Crippen molar-refractivity contribution in [3.05, 3.63) is 83.6 Å². The van der Waals surface area contributed by atoms with E-state index in [9.17, 15) is 4.79 Å². The molecule has 33 heavy (non-hydrogen) atoms. The number of ether oxygens (including phenoxy) is 2. The molecule has 1 fully saturated rings. The minimum absolute atomic E-state index is 0.00712. The summed E-state index contributed by atoms with van der Waals surface area (Å²) in [6.45, 7) is 1.63. The lowest BCUT2D eigenvalue weighted by Gasteiger charge is -2.18. The van der Waals surface area contributed by atoms with E-state index in [1.807, 2.05) is 71.6 Å². The second-order valence-corrected chi connectivity index (χ2v) is 8.40. The molecule has 6 nitrogen and oxygen atoms in total. The van der Waals surface area contributed by atoms with Gasteiger partial charge in [-0.3, -0.25) is 4.79 Å². The van der Waals surface area contributed by atoms with E-state index in [1.165, 1.54) is 0 Å². The van der Waals surface area contributed by atoms with Crippen molar-refractivity contribution in [3.8, 4) is 11.5 Å². The van der Waals surface area contributed by atoms with Gasteiger partial charge >= 0.3 is 0 Å². The van der Waals surface area contributed by atoms with E-state index < -0.39 is 0 Å². The number of hydrogen-bond acceptors (Lipinski definition) is 4. The van der Waals surface area contributed by atoms with Crippen LogP contribution in [0.25, 0.3) is 11.0 Å². The lowest BCUT2D eigenvalue weighted by molar-refractivity contribution is -0.117. The first kappa shape index (κ1) is 21.3. The van der Waals surface area contributed by atoms with Gasteiger partial charge in [0.2, 0.25) is 5.91 Å². The quantitative estimate of drug-likeness (QED) is 0.375. The summed E-state index contributed by atoms with van der Waals surface area (Å²) in [6.07, 6.45) is 0.417. The van der Waals surface area contributed by atoms with Crippen LogP contribution in [0.3, 0.4) is 0 Å². The van der Waals surface area contributed by atoms with Gasteiger partial charge in [0.15, 0.2) is 0 Å². The van der Waals surface area contributed by atoms with Gasteiger partial charge in [0.1, 0.15) is 23.9 Å². The Labute approximate surface area is 197 Å². The van der Waals surface area contributed by atoms with Gasteiger partial charge < -0.3 is 18.9 Å². The van der Waals surface area contributed by atoms with Gasteiger partial charge in [0, 0.05) is 24.6 Å². The Morgan fingerprint density at radius 3 is 2.58 bits per heavy atom. The van der Waals surface area contributed by atoms with Crippen molar-refractivity contribution in [2.24, 2.45) is 0 Å². The number of imidazole rings is 1. The Hall–Kier alpha value is -3.51. The summed E-state index contributed by atoms with van der Waals surface area (Å²) >= 11 is 6.23. The molecule has 0 bridgehead atoms. The zero-order chi connectivity index (χ0) is 22.8. The molecule has 3 aromatic carbocycles. The highest BCUT2D eigenvalue weighted by Gasteiger charge is 2.34. The van der Waals surface area contributed by atoms with Gasteiger partial charge in [0.25, 0.3) is 0 Å². The number of rotatable bonds is 7. The molecule has 1 aliphatic heterocycles. The number of nitrogens with zero attached hydrogens (tertiary/aromatic N) is 3. The molecule has 1 aromatic heterocycles. The first-order chi connectivity index (χ1) is 16.1. The molecule has 0 spiro atoms. The summed E-state index contributed by atoms with van der Waals surface area (Å²) in [6, 6.07) is 23.1. The second kappa shape index (κ2) is 9.16. The Morgan fingerprint density at radius 2 is 1.79 bits per heavy atom. The zero-order valence-electron chi connectivity index (χ0n) is 18.3. The van der Waals surface area contributed by atoms with E-state index in [-0.39, 0.29) is 11.8 Å². The number of aromatic nitrogens is 2. The Kier molecular flexibility index (Phi) is 5.92. The van der Waals surface area contributed by atoms with Gasteiger partial charge in [0.05, 0.1) is 29.7 Å². The number of carbonyl (C=O) groups excluding carboxylic acids is 1. The Bertz CT molecular complexity index is 1290. The van der Waals surface area contributed by atoms with E-state index in [4.69, 9.17) is 26.1 Å². The third-order valence-corrected chi connectivity index (χ3v) is 6.28. The van der Waals surface area contributed by atoms with Crippen LogP contribution in [0.1, 0.15) is 18.2 Å². The first-order valence-corrected chi connectivity index (χ1v) is 11.3. The predicted octanol–water partition coefficient (Wildman–Crippen LogP) is 5.30. The van der Waals surface area contributed by atoms with Crippen LogP contribution in [-0.4, -0.2) is 35.7 Å². The SMILES string of the molecule is COc1ccc(N2C[C@@H](c3nc4ccccc4n3CCOc3ccccc3Cl)CC2=O)cc1. The fraction of sp³-hybridized carbons (Fsp3) is 0.231. The summed E-state index contributed by atoms with van der Waals surface area (Å²) in [4.78, 5) is 19.6. The molecule has 7 heteroatoms. The second-order valence-electron chi connectivity index (χ2n) is 7.99. The standard InChI is InChI=1S/C26H24ClN3O3/c1-32-20-12-10-19(11-13-20)30-17-18(16-25(30)31)26-28-22-7-3-4-8-23(22)29(26)14-15-33-24-9-5-2-6-21(24)27/h2-13,18H,14-17H2,1H3/t18-/m0/s1. The van der Waals surface area contributed by atoms with Crippen molar-refractivity contribution >= 4 is 34.2 Å². The number of fused-ring (bicyclic) bond motifs is 1. The van der Waals surface area contributed by atoms with Crippen LogP contribution >= 0.6 is 11.6 Å². The Balaban J connectivity index is 1.39. The molecule has 0 saturated carbocycles. The van der Waals surface area contributed by atoms with Crippen molar-refractivity contribution in [1.82, 2.24) is 9.55 Å². The van der Waals surface area contributed by atoms with Gasteiger partial charge in [-0.15, -0.1) is 0 Å². The van der Waals surface area contributed by atoms with Crippen LogP contribution in [0.4, 0.5) is 5.69 Å². The molecule has 168 valence electrons. The van der Waals surface area contributed by atoms with Gasteiger partial charge in [-0.1, -0.05) is 35.9 Å². The maximum atomic E-state index is 12.9. The maximum absolute atomic E-state index is 12.9. The molecular weight excluding hydrogens is 438 g/mol. The minimum atomic E-state index is -0.00712. The number of para-hydroxylation sites is 3. The summed E-state index contributed by atoms with van der Waals surface area (Å²) < 4.78 is 13.3. The number of carbonyl (C=O) groups is 1. The van der Waals surface area contributed by atoms with E-state index in [1.54, 1.807) is 7.11 Å². The molecule has 0 unspecified atom stereocenters. The largest absolute Gasteiger partial charge is 0.497 e. The normalized spacial score (nSPS) is 15.9. The predicted molar refractivity (Wildman–Crippen MR) is 129 cm³/mol. The fourth-order valence-electron chi connectivity index (χ4n) is 4.34. The molecule has 5 rings (SSSR count). The van der Waals surface area contributed by atoms with Crippen molar-refractivity contribution in [2.75, 3.05) is 25.2 Å². The molecule has 1 saturated heterocycles. The third kappa shape index (κ3) is 4.26. The maximum Gasteiger partial charge on any atom is 0.227 e. The average molecular weight is 462 g/mol. The molecular formula is C26H24ClN3O3. The van der Waals surface area contributed by atoms with Crippen molar-refractivity contribution < 1.29 is 14.3 Å². The monoisotopic (exact) mass is 461 g/mol. The van der Waals surface area contributed by atoms with Gasteiger partial charge in [-0.25, -0.2) is 4.98 Å². The van der Waals surface area contributed by atoms with Crippen LogP contribution < -0.4 is 14.4 Å². The molecule has 1 amide bonds. The summed E-state index contributed by atoms with van der Waals surface area (Å²) in [5.41, 5.74) is 2.82. The minimum Gasteiger partial charge on any atom is -0.497 e. The van der Waals surface area contributed by atoms with E-state index >= 15 is 0 Å². The zero-order valence-corrected chi connectivity index (χ0v) is 19.0. The van der Waals surface area contributed by atoms with E-state index in [0.29, 0.717) is 36.9 Å². The summed E-state index contributed by atoms with van der Waals surface area (Å²) in [5.74, 6) is 2.42. The molecule has 2 heterocycles.